The van der Waals surface area contributed by atoms with Crippen LogP contribution in [0.2, 0.25) is 0 Å². The molecule has 7 nitrogen and oxygen atoms in total. The Balaban J connectivity index is 0.00000176. The summed E-state index contributed by atoms with van der Waals surface area (Å²) >= 11 is 1.44. The Hall–Kier alpha value is -3.26. The molecule has 0 unspecified atom stereocenters. The number of phenolic OH excluding ortho intramolecular Hbond substituents is 1. The molecule has 2 aromatic carbocycles. The molecule has 8 heteroatoms. The van der Waals surface area contributed by atoms with E-state index in [1.807, 2.05) is 32.0 Å². The predicted octanol–water partition coefficient (Wildman–Crippen LogP) is 5.73. The number of rotatable bonds is 9. The third-order valence-corrected chi connectivity index (χ3v) is 7.38. The molecular weight excluding hydrogens is 476 g/mol. The van der Waals surface area contributed by atoms with Crippen molar-refractivity contribution < 1.29 is 24.1 Å². The number of phenols is 1. The van der Waals surface area contributed by atoms with Crippen LogP contribution >= 0.6 is 11.3 Å². The van der Waals surface area contributed by atoms with Crippen molar-refractivity contribution >= 4 is 17.2 Å². The summed E-state index contributed by atoms with van der Waals surface area (Å²) in [5.74, 6) is 1.74. The van der Waals surface area contributed by atoms with E-state index in [0.29, 0.717) is 35.9 Å². The van der Waals surface area contributed by atoms with Crippen LogP contribution in [0, 0.1) is 0 Å². The van der Waals surface area contributed by atoms with Crippen LogP contribution in [0.1, 0.15) is 66.2 Å². The van der Waals surface area contributed by atoms with E-state index in [-0.39, 0.29) is 17.1 Å². The van der Waals surface area contributed by atoms with Crippen LogP contribution in [0.5, 0.6) is 23.0 Å². The molecule has 0 aliphatic heterocycles. The van der Waals surface area contributed by atoms with Gasteiger partial charge in [-0.1, -0.05) is 38.8 Å². The van der Waals surface area contributed by atoms with E-state index in [2.05, 4.69) is 16.4 Å². The number of methoxy groups -OCH3 is 3. The number of nitrogens with zero attached hydrogens (tertiary/aromatic N) is 1. The highest BCUT2D eigenvalue weighted by Gasteiger charge is 2.36. The third kappa shape index (κ3) is 6.10. The van der Waals surface area contributed by atoms with Crippen LogP contribution < -0.4 is 19.5 Å². The van der Waals surface area contributed by atoms with Crippen LogP contribution in [0.15, 0.2) is 41.8 Å². The Bertz CT molecular complexity index is 1150. The lowest BCUT2D eigenvalue weighted by molar-refractivity contribution is 0.0938. The van der Waals surface area contributed by atoms with E-state index in [1.54, 1.807) is 31.7 Å². The van der Waals surface area contributed by atoms with Gasteiger partial charge in [-0.2, -0.15) is 0 Å². The first-order chi connectivity index (χ1) is 17.5. The average Bonchev–Trinajstić information content (AvgIpc) is 3.59. The van der Waals surface area contributed by atoms with Crippen molar-refractivity contribution in [1.82, 2.24) is 10.3 Å². The van der Waals surface area contributed by atoms with Gasteiger partial charge in [0.1, 0.15) is 5.69 Å². The largest absolute Gasteiger partial charge is 0.504 e. The first-order valence-corrected chi connectivity index (χ1v) is 13.2. The highest BCUT2D eigenvalue weighted by molar-refractivity contribution is 7.09. The van der Waals surface area contributed by atoms with Gasteiger partial charge >= 0.3 is 0 Å². The monoisotopic (exact) mass is 512 g/mol. The molecule has 3 aromatic rings. The molecule has 1 fully saturated rings. The number of carbonyl (C=O) groups is 1. The van der Waals surface area contributed by atoms with Gasteiger partial charge in [0, 0.05) is 23.8 Å². The molecule has 0 bridgehead atoms. The van der Waals surface area contributed by atoms with E-state index in [4.69, 9.17) is 14.2 Å². The molecule has 1 amide bonds. The molecule has 1 saturated carbocycles. The van der Waals surface area contributed by atoms with E-state index in [1.165, 1.54) is 18.4 Å². The lowest BCUT2D eigenvalue weighted by Crippen LogP contribution is -2.39. The number of thiazole rings is 1. The van der Waals surface area contributed by atoms with Crippen LogP contribution in [0.3, 0.4) is 0 Å². The minimum Gasteiger partial charge on any atom is -0.504 e. The summed E-state index contributed by atoms with van der Waals surface area (Å²) in [4.78, 5) is 17.5. The Morgan fingerprint density at radius 1 is 1.00 bits per heavy atom. The summed E-state index contributed by atoms with van der Waals surface area (Å²) in [5, 5.41) is 15.7. The Morgan fingerprint density at radius 2 is 1.67 bits per heavy atom. The highest BCUT2D eigenvalue weighted by Crippen LogP contribution is 2.43. The minimum absolute atomic E-state index is 0.0894. The molecule has 1 heterocycles. The predicted molar refractivity (Wildman–Crippen MR) is 143 cm³/mol. The fourth-order valence-corrected chi connectivity index (χ4v) is 5.45. The Kier molecular flexibility index (Phi) is 9.58. The summed E-state index contributed by atoms with van der Waals surface area (Å²) in [6, 6.07) is 11.3. The normalized spacial score (nSPS) is 13.9. The van der Waals surface area contributed by atoms with Crippen molar-refractivity contribution in [3.05, 3.63) is 63.6 Å². The molecule has 1 aliphatic carbocycles. The smallest absolute Gasteiger partial charge is 0.270 e. The van der Waals surface area contributed by atoms with E-state index >= 15 is 0 Å². The van der Waals surface area contributed by atoms with Gasteiger partial charge in [-0.25, -0.2) is 4.98 Å². The zero-order valence-electron chi connectivity index (χ0n) is 21.7. The second kappa shape index (κ2) is 12.6. The number of hydrogen-bond donors (Lipinski definition) is 2. The molecule has 0 spiro atoms. The van der Waals surface area contributed by atoms with Crippen molar-refractivity contribution in [3.63, 3.8) is 0 Å². The number of hydrogen-bond acceptors (Lipinski definition) is 7. The summed E-state index contributed by atoms with van der Waals surface area (Å²) < 4.78 is 16.0. The summed E-state index contributed by atoms with van der Waals surface area (Å²) in [5.41, 5.74) is 2.34. The highest BCUT2D eigenvalue weighted by atomic mass is 32.1. The quantitative estimate of drug-likeness (QED) is 0.380. The average molecular weight is 513 g/mol. The summed E-state index contributed by atoms with van der Waals surface area (Å²) in [6.07, 6.45) is 4.79. The summed E-state index contributed by atoms with van der Waals surface area (Å²) in [7, 11) is 4.78. The first kappa shape index (κ1) is 27.3. The first-order valence-electron chi connectivity index (χ1n) is 12.3. The molecule has 0 saturated heterocycles. The maximum absolute atomic E-state index is 12.9. The van der Waals surface area contributed by atoms with Crippen molar-refractivity contribution in [2.45, 2.75) is 51.4 Å². The van der Waals surface area contributed by atoms with Crippen molar-refractivity contribution in [2.75, 3.05) is 27.9 Å². The number of ether oxygens (including phenoxy) is 3. The van der Waals surface area contributed by atoms with Crippen LogP contribution in [-0.4, -0.2) is 43.9 Å². The lowest BCUT2D eigenvalue weighted by atomic mass is 9.78. The van der Waals surface area contributed by atoms with Gasteiger partial charge in [0.2, 0.25) is 0 Å². The fourth-order valence-electron chi connectivity index (χ4n) is 4.64. The van der Waals surface area contributed by atoms with E-state index in [9.17, 15) is 9.90 Å². The minimum atomic E-state index is -0.174. The number of amides is 1. The molecule has 4 rings (SSSR count). The van der Waals surface area contributed by atoms with Gasteiger partial charge in [0.05, 0.1) is 26.3 Å². The van der Waals surface area contributed by atoms with Crippen LogP contribution in [-0.2, 0) is 11.8 Å². The molecule has 1 aliphatic rings. The molecule has 36 heavy (non-hydrogen) atoms. The zero-order chi connectivity index (χ0) is 26.1. The van der Waals surface area contributed by atoms with Gasteiger partial charge in [-0.3, -0.25) is 4.79 Å². The van der Waals surface area contributed by atoms with E-state index < -0.39 is 0 Å². The van der Waals surface area contributed by atoms with Crippen LogP contribution in [0.25, 0.3) is 0 Å². The number of carbonyl (C=O) groups excluding carboxylic acids is 1. The van der Waals surface area contributed by atoms with Gasteiger partial charge < -0.3 is 24.6 Å². The van der Waals surface area contributed by atoms with Crippen molar-refractivity contribution in [1.29, 1.82) is 0 Å². The fraction of sp³-hybridized carbons (Fsp3) is 0.429. The molecule has 0 radical (unpaired) electrons. The van der Waals surface area contributed by atoms with Crippen molar-refractivity contribution in [3.8, 4) is 23.0 Å². The van der Waals surface area contributed by atoms with Crippen LogP contribution in [0.4, 0.5) is 0 Å². The standard InChI is InChI=1S/C26H30N2O5S.C2H6/c1-31-21-8-6-17(12-20(21)29)13-24-28-19(15-34-24)25(30)27-16-26(10-4-5-11-26)18-7-9-22(32-2)23(14-18)33-3;1-2/h6-9,12,14-15,29H,4-5,10-11,13,16H2,1-3H3,(H,27,30);1-2H3. The Labute approximate surface area is 217 Å². The number of nitrogens with one attached hydrogen (secondary N) is 1. The second-order valence-corrected chi connectivity index (χ2v) is 9.49. The number of aromatic nitrogens is 1. The second-order valence-electron chi connectivity index (χ2n) is 8.55. The zero-order valence-corrected chi connectivity index (χ0v) is 22.5. The van der Waals surface area contributed by atoms with Gasteiger partial charge in [-0.15, -0.1) is 11.3 Å². The van der Waals surface area contributed by atoms with E-state index in [0.717, 1.165) is 41.8 Å². The molecule has 0 atom stereocenters. The molecule has 2 N–H and O–H groups in total. The maximum Gasteiger partial charge on any atom is 0.270 e. The summed E-state index contributed by atoms with van der Waals surface area (Å²) in [6.45, 7) is 4.54. The molecule has 1 aromatic heterocycles. The number of aromatic hydroxyl groups is 1. The van der Waals surface area contributed by atoms with Gasteiger partial charge in [0.15, 0.2) is 23.0 Å². The van der Waals surface area contributed by atoms with Gasteiger partial charge in [0.25, 0.3) is 5.91 Å². The maximum atomic E-state index is 12.9. The topological polar surface area (TPSA) is 89.9 Å². The van der Waals surface area contributed by atoms with Gasteiger partial charge in [-0.05, 0) is 48.2 Å². The Morgan fingerprint density at radius 3 is 2.31 bits per heavy atom. The number of benzene rings is 2. The van der Waals surface area contributed by atoms with Crippen molar-refractivity contribution in [2.24, 2.45) is 0 Å². The SMILES string of the molecule is CC.COc1ccc(Cc2nc(C(=O)NCC3(c4ccc(OC)c(OC)c4)CCCC3)cs2)cc1O. The molecular formula is C28H36N2O5S. The third-order valence-electron chi connectivity index (χ3n) is 6.53. The lowest BCUT2D eigenvalue weighted by Gasteiger charge is -2.30. The molecule has 194 valence electrons.